The number of likely N-dealkylation sites (N-methyl/N-ethyl adjacent to an activating group) is 1. The van der Waals surface area contributed by atoms with Crippen molar-refractivity contribution in [3.63, 3.8) is 0 Å². The van der Waals surface area contributed by atoms with Gasteiger partial charge in [0.25, 0.3) is 0 Å². The number of aromatic nitrogens is 1. The summed E-state index contributed by atoms with van der Waals surface area (Å²) < 4.78 is 5.41. The highest BCUT2D eigenvalue weighted by molar-refractivity contribution is 5.68. The first-order valence-electron chi connectivity index (χ1n) is 6.98. The van der Waals surface area contributed by atoms with Gasteiger partial charge in [-0.1, -0.05) is 6.07 Å². The molecule has 1 atom stereocenters. The van der Waals surface area contributed by atoms with E-state index in [1.54, 1.807) is 11.1 Å². The standard InChI is InChI=1S/C15H23N3O2/c1-15(2,3)20-14(19)18-10-8-12(11-18)17(4)13-7-5-6-9-16-13/h5-7,9,12H,8,10-11H2,1-4H3/t12-/m1/s1. The molecule has 1 fully saturated rings. The average Bonchev–Trinajstić information content (AvgIpc) is 2.86. The molecule has 0 radical (unpaired) electrons. The zero-order valence-corrected chi connectivity index (χ0v) is 12.7. The van der Waals surface area contributed by atoms with Crippen LogP contribution in [0.4, 0.5) is 10.6 Å². The van der Waals surface area contributed by atoms with Crippen LogP contribution in [0.25, 0.3) is 0 Å². The van der Waals surface area contributed by atoms with E-state index in [0.29, 0.717) is 6.54 Å². The molecule has 0 bridgehead atoms. The average molecular weight is 277 g/mol. The second-order valence-corrected chi connectivity index (χ2v) is 6.17. The Morgan fingerprint density at radius 1 is 1.45 bits per heavy atom. The van der Waals surface area contributed by atoms with Gasteiger partial charge in [-0.05, 0) is 39.3 Å². The Morgan fingerprint density at radius 3 is 2.80 bits per heavy atom. The van der Waals surface area contributed by atoms with Crippen LogP contribution in [0.3, 0.4) is 0 Å². The molecule has 0 unspecified atom stereocenters. The van der Waals surface area contributed by atoms with Crippen molar-refractivity contribution in [1.82, 2.24) is 9.88 Å². The molecule has 1 aliphatic rings. The van der Waals surface area contributed by atoms with Crippen molar-refractivity contribution in [1.29, 1.82) is 0 Å². The molecule has 1 aliphatic heterocycles. The molecular weight excluding hydrogens is 254 g/mol. The van der Waals surface area contributed by atoms with Crippen LogP contribution in [0.5, 0.6) is 0 Å². The molecule has 1 aromatic rings. The van der Waals surface area contributed by atoms with E-state index >= 15 is 0 Å². The minimum Gasteiger partial charge on any atom is -0.444 e. The molecule has 110 valence electrons. The zero-order chi connectivity index (χ0) is 14.8. The highest BCUT2D eigenvalue weighted by Gasteiger charge is 2.32. The highest BCUT2D eigenvalue weighted by Crippen LogP contribution is 2.21. The third-order valence-corrected chi connectivity index (χ3v) is 3.37. The van der Waals surface area contributed by atoms with Crippen molar-refractivity contribution in [3.8, 4) is 0 Å². The first-order chi connectivity index (χ1) is 9.37. The molecule has 1 aromatic heterocycles. The number of nitrogens with zero attached hydrogens (tertiary/aromatic N) is 3. The summed E-state index contributed by atoms with van der Waals surface area (Å²) in [6.07, 6.45) is 2.49. The monoisotopic (exact) mass is 277 g/mol. The molecule has 20 heavy (non-hydrogen) atoms. The fourth-order valence-corrected chi connectivity index (χ4v) is 2.30. The van der Waals surface area contributed by atoms with Gasteiger partial charge in [0, 0.05) is 32.4 Å². The molecule has 1 amide bonds. The summed E-state index contributed by atoms with van der Waals surface area (Å²) in [5.41, 5.74) is -0.442. The van der Waals surface area contributed by atoms with E-state index in [1.807, 2.05) is 46.0 Å². The van der Waals surface area contributed by atoms with Gasteiger partial charge in [0.05, 0.1) is 0 Å². The largest absolute Gasteiger partial charge is 0.444 e. The summed E-state index contributed by atoms with van der Waals surface area (Å²) in [5, 5.41) is 0. The third kappa shape index (κ3) is 3.62. The minimum atomic E-state index is -0.442. The first kappa shape index (κ1) is 14.6. The Kier molecular flexibility index (Phi) is 4.16. The van der Waals surface area contributed by atoms with Crippen molar-refractivity contribution in [2.24, 2.45) is 0 Å². The number of pyridine rings is 1. The molecule has 1 saturated heterocycles. The lowest BCUT2D eigenvalue weighted by Gasteiger charge is -2.27. The van der Waals surface area contributed by atoms with E-state index in [2.05, 4.69) is 9.88 Å². The molecule has 2 rings (SSSR count). The smallest absolute Gasteiger partial charge is 0.410 e. The maximum Gasteiger partial charge on any atom is 0.410 e. The fourth-order valence-electron chi connectivity index (χ4n) is 2.30. The van der Waals surface area contributed by atoms with Gasteiger partial charge in [-0.2, -0.15) is 0 Å². The Hall–Kier alpha value is -1.78. The molecule has 0 aromatic carbocycles. The third-order valence-electron chi connectivity index (χ3n) is 3.37. The molecule has 0 spiro atoms. The fraction of sp³-hybridized carbons (Fsp3) is 0.600. The van der Waals surface area contributed by atoms with Gasteiger partial charge in [-0.3, -0.25) is 0 Å². The number of amides is 1. The number of carbonyl (C=O) groups is 1. The van der Waals surface area contributed by atoms with Crippen LogP contribution in [-0.2, 0) is 4.74 Å². The second-order valence-electron chi connectivity index (χ2n) is 6.17. The maximum atomic E-state index is 12.0. The maximum absolute atomic E-state index is 12.0. The quantitative estimate of drug-likeness (QED) is 0.833. The van der Waals surface area contributed by atoms with E-state index in [-0.39, 0.29) is 12.1 Å². The Labute approximate surface area is 120 Å². The molecule has 5 nitrogen and oxygen atoms in total. The van der Waals surface area contributed by atoms with Crippen LogP contribution < -0.4 is 4.90 Å². The number of likely N-dealkylation sites (tertiary alicyclic amines) is 1. The van der Waals surface area contributed by atoms with E-state index in [1.165, 1.54) is 0 Å². The second kappa shape index (κ2) is 5.69. The van der Waals surface area contributed by atoms with E-state index in [4.69, 9.17) is 4.74 Å². The summed E-state index contributed by atoms with van der Waals surface area (Å²) >= 11 is 0. The lowest BCUT2D eigenvalue weighted by Crippen LogP contribution is -2.39. The Morgan fingerprint density at radius 2 is 2.20 bits per heavy atom. The van der Waals surface area contributed by atoms with E-state index in [9.17, 15) is 4.79 Å². The lowest BCUT2D eigenvalue weighted by molar-refractivity contribution is 0.0292. The van der Waals surface area contributed by atoms with Crippen LogP contribution >= 0.6 is 0 Å². The van der Waals surface area contributed by atoms with Crippen LogP contribution in [0.15, 0.2) is 24.4 Å². The highest BCUT2D eigenvalue weighted by atomic mass is 16.6. The van der Waals surface area contributed by atoms with Crippen LogP contribution in [0.2, 0.25) is 0 Å². The number of hydrogen-bond donors (Lipinski definition) is 0. The molecule has 2 heterocycles. The van der Waals surface area contributed by atoms with Crippen LogP contribution in [0.1, 0.15) is 27.2 Å². The van der Waals surface area contributed by atoms with Crippen molar-refractivity contribution < 1.29 is 9.53 Å². The van der Waals surface area contributed by atoms with E-state index < -0.39 is 5.60 Å². The number of anilines is 1. The molecular formula is C15H23N3O2. The summed E-state index contributed by atoms with van der Waals surface area (Å²) in [4.78, 5) is 20.3. The van der Waals surface area contributed by atoms with E-state index in [0.717, 1.165) is 18.8 Å². The molecule has 5 heteroatoms. The van der Waals surface area contributed by atoms with Gasteiger partial charge in [-0.25, -0.2) is 9.78 Å². The minimum absolute atomic E-state index is 0.227. The number of carbonyl (C=O) groups excluding carboxylic acids is 1. The van der Waals surface area contributed by atoms with Crippen LogP contribution in [-0.4, -0.2) is 47.8 Å². The van der Waals surface area contributed by atoms with Crippen molar-refractivity contribution >= 4 is 11.9 Å². The predicted molar refractivity (Wildman–Crippen MR) is 78.9 cm³/mol. The molecule has 0 saturated carbocycles. The van der Waals surface area contributed by atoms with Gasteiger partial charge in [0.2, 0.25) is 0 Å². The summed E-state index contributed by atoms with van der Waals surface area (Å²) in [6, 6.07) is 6.14. The van der Waals surface area contributed by atoms with Crippen molar-refractivity contribution in [2.75, 3.05) is 25.0 Å². The predicted octanol–water partition coefficient (Wildman–Crippen LogP) is 2.53. The summed E-state index contributed by atoms with van der Waals surface area (Å²) in [6.45, 7) is 7.08. The number of hydrogen-bond acceptors (Lipinski definition) is 4. The van der Waals surface area contributed by atoms with Gasteiger partial charge in [-0.15, -0.1) is 0 Å². The number of ether oxygens (including phenoxy) is 1. The first-order valence-corrected chi connectivity index (χ1v) is 6.98. The summed E-state index contributed by atoms with van der Waals surface area (Å²) in [7, 11) is 2.02. The lowest BCUT2D eigenvalue weighted by atomic mass is 10.2. The van der Waals surface area contributed by atoms with Crippen LogP contribution in [0, 0.1) is 0 Å². The van der Waals surface area contributed by atoms with Gasteiger partial charge < -0.3 is 14.5 Å². The zero-order valence-electron chi connectivity index (χ0n) is 12.7. The van der Waals surface area contributed by atoms with Gasteiger partial charge >= 0.3 is 6.09 Å². The number of rotatable bonds is 2. The molecule has 0 aliphatic carbocycles. The van der Waals surface area contributed by atoms with Gasteiger partial charge in [0.15, 0.2) is 0 Å². The van der Waals surface area contributed by atoms with Crippen molar-refractivity contribution in [3.05, 3.63) is 24.4 Å². The Balaban J connectivity index is 1.94. The van der Waals surface area contributed by atoms with Gasteiger partial charge in [0.1, 0.15) is 11.4 Å². The molecule has 0 N–H and O–H groups in total. The normalized spacial score (nSPS) is 19.0. The Bertz CT molecular complexity index is 456. The summed E-state index contributed by atoms with van der Waals surface area (Å²) in [5.74, 6) is 0.934. The topological polar surface area (TPSA) is 45.7 Å². The SMILES string of the molecule is CN(c1ccccn1)[C@@H]1CCN(C(=O)OC(C)(C)C)C1. The van der Waals surface area contributed by atoms with Crippen molar-refractivity contribution in [2.45, 2.75) is 38.8 Å².